The number of benzene rings is 1. The molecule has 0 radical (unpaired) electrons. The number of hydrogen-bond donors (Lipinski definition) is 1. The molecule has 0 aliphatic rings. The molecule has 4 rings (SSSR count). The molecule has 1 amide bonds. The summed E-state index contributed by atoms with van der Waals surface area (Å²) in [5.74, 6) is -0.414. The number of nitrogens with zero attached hydrogens (tertiary/aromatic N) is 3. The van der Waals surface area contributed by atoms with Gasteiger partial charge in [-0.05, 0) is 23.1 Å². The smallest absolute Gasteiger partial charge is 0.274 e. The van der Waals surface area contributed by atoms with Gasteiger partial charge in [-0.2, -0.15) is 14.6 Å². The van der Waals surface area contributed by atoms with E-state index in [0.29, 0.717) is 15.0 Å². The third kappa shape index (κ3) is 3.26. The lowest BCUT2D eigenvalue weighted by atomic mass is 10.2. The Morgan fingerprint density at radius 1 is 1.23 bits per heavy atom. The molecular weight excluding hydrogens is 392 g/mol. The van der Waals surface area contributed by atoms with Crippen LogP contribution in [0.15, 0.2) is 52.6 Å². The summed E-state index contributed by atoms with van der Waals surface area (Å²) in [6, 6.07) is 12.3. The largest absolute Gasteiger partial charge is 0.347 e. The summed E-state index contributed by atoms with van der Waals surface area (Å²) in [6.45, 7) is 0.249. The second-order valence-electron chi connectivity index (χ2n) is 5.33. The van der Waals surface area contributed by atoms with Gasteiger partial charge in [-0.1, -0.05) is 47.2 Å². The summed E-state index contributed by atoms with van der Waals surface area (Å²) < 4.78 is 1.41. The summed E-state index contributed by atoms with van der Waals surface area (Å²) in [5, 5.41) is 10.4. The number of hydrogen-bond acceptors (Lipinski definition) is 6. The summed E-state index contributed by atoms with van der Waals surface area (Å²) in [5.41, 5.74) is 0.457. The third-order valence-corrected chi connectivity index (χ3v) is 5.93. The topological polar surface area (TPSA) is 76.4 Å². The number of amides is 1. The molecular formula is C17H11ClN4O2S2. The first-order valence-corrected chi connectivity index (χ1v) is 9.65. The van der Waals surface area contributed by atoms with Crippen molar-refractivity contribution >= 4 is 45.1 Å². The van der Waals surface area contributed by atoms with Crippen LogP contribution >= 0.6 is 34.3 Å². The van der Waals surface area contributed by atoms with Crippen LogP contribution in [-0.2, 0) is 6.54 Å². The van der Waals surface area contributed by atoms with E-state index in [1.54, 1.807) is 6.07 Å². The summed E-state index contributed by atoms with van der Waals surface area (Å²) in [6.07, 6.45) is 0. The number of carbonyl (C=O) groups excluding carboxylic acids is 1. The molecule has 0 aliphatic carbocycles. The first-order valence-electron chi connectivity index (χ1n) is 7.58. The van der Waals surface area contributed by atoms with E-state index >= 15 is 0 Å². The van der Waals surface area contributed by atoms with Gasteiger partial charge in [-0.15, -0.1) is 11.3 Å². The fraction of sp³-hybridized carbons (Fsp3) is 0.0588. The van der Waals surface area contributed by atoms with Gasteiger partial charge in [-0.25, -0.2) is 0 Å². The van der Waals surface area contributed by atoms with Crippen molar-refractivity contribution in [1.82, 2.24) is 19.9 Å². The van der Waals surface area contributed by atoms with Gasteiger partial charge in [0.15, 0.2) is 5.01 Å². The lowest BCUT2D eigenvalue weighted by molar-refractivity contribution is 0.0943. The number of carbonyl (C=O) groups is 1. The molecule has 0 unspecified atom stereocenters. The standard InChI is InChI=1S/C17H11ClN4O2S2/c18-11-5-2-1-4-10(11)9-19-15(24)12-8-14(23)20-17-22(12)21-16(26-17)13-6-3-7-25-13/h1-8H,9H2,(H,19,24). The van der Waals surface area contributed by atoms with Crippen molar-refractivity contribution in [3.63, 3.8) is 0 Å². The lowest BCUT2D eigenvalue weighted by Crippen LogP contribution is -2.27. The lowest BCUT2D eigenvalue weighted by Gasteiger charge is -2.07. The first kappa shape index (κ1) is 16.9. The maximum atomic E-state index is 12.6. The highest BCUT2D eigenvalue weighted by molar-refractivity contribution is 7.23. The van der Waals surface area contributed by atoms with Gasteiger partial charge >= 0.3 is 0 Å². The summed E-state index contributed by atoms with van der Waals surface area (Å²) in [7, 11) is 0. The zero-order chi connectivity index (χ0) is 18.1. The number of halogens is 1. The zero-order valence-corrected chi connectivity index (χ0v) is 15.6. The van der Waals surface area contributed by atoms with Gasteiger partial charge < -0.3 is 5.32 Å². The number of fused-ring (bicyclic) bond motifs is 1. The Morgan fingerprint density at radius 3 is 2.85 bits per heavy atom. The van der Waals surface area contributed by atoms with Crippen LogP contribution in [0, 0.1) is 0 Å². The minimum atomic E-state index is -0.478. The molecule has 0 bridgehead atoms. The minimum absolute atomic E-state index is 0.145. The quantitative estimate of drug-likeness (QED) is 0.567. The molecule has 0 atom stereocenters. The van der Waals surface area contributed by atoms with E-state index in [1.807, 2.05) is 35.7 Å². The number of aromatic nitrogens is 3. The normalized spacial score (nSPS) is 11.0. The summed E-state index contributed by atoms with van der Waals surface area (Å²) in [4.78, 5) is 29.8. The monoisotopic (exact) mass is 402 g/mol. The van der Waals surface area contributed by atoms with Crippen LogP contribution in [-0.4, -0.2) is 20.5 Å². The minimum Gasteiger partial charge on any atom is -0.347 e. The highest BCUT2D eigenvalue weighted by Crippen LogP contribution is 2.28. The second kappa shape index (κ2) is 6.99. The predicted molar refractivity (Wildman–Crippen MR) is 103 cm³/mol. The van der Waals surface area contributed by atoms with Gasteiger partial charge in [0.2, 0.25) is 4.96 Å². The Kier molecular flexibility index (Phi) is 4.54. The van der Waals surface area contributed by atoms with Gasteiger partial charge in [0.25, 0.3) is 11.5 Å². The maximum Gasteiger partial charge on any atom is 0.274 e. The zero-order valence-electron chi connectivity index (χ0n) is 13.2. The average molecular weight is 403 g/mol. The van der Waals surface area contributed by atoms with Crippen LogP contribution in [0.3, 0.4) is 0 Å². The van der Waals surface area contributed by atoms with E-state index in [2.05, 4.69) is 15.4 Å². The van der Waals surface area contributed by atoms with E-state index < -0.39 is 11.5 Å². The average Bonchev–Trinajstić information content (AvgIpc) is 3.29. The Morgan fingerprint density at radius 2 is 2.08 bits per heavy atom. The van der Waals surface area contributed by atoms with Crippen molar-refractivity contribution in [1.29, 1.82) is 0 Å². The van der Waals surface area contributed by atoms with Crippen molar-refractivity contribution in [2.75, 3.05) is 0 Å². The van der Waals surface area contributed by atoms with E-state index in [9.17, 15) is 9.59 Å². The molecule has 0 saturated heterocycles. The fourth-order valence-corrected chi connectivity index (χ4v) is 4.28. The van der Waals surface area contributed by atoms with Crippen molar-refractivity contribution in [2.24, 2.45) is 0 Å². The third-order valence-electron chi connectivity index (χ3n) is 3.62. The van der Waals surface area contributed by atoms with Gasteiger partial charge in [0.1, 0.15) is 5.69 Å². The molecule has 3 aromatic heterocycles. The molecule has 4 aromatic rings. The Labute approximate surface area is 160 Å². The van der Waals surface area contributed by atoms with Gasteiger partial charge in [0.05, 0.1) is 4.88 Å². The van der Waals surface area contributed by atoms with Crippen molar-refractivity contribution < 1.29 is 4.79 Å². The van der Waals surface area contributed by atoms with Crippen LogP contribution in [0.25, 0.3) is 14.8 Å². The molecule has 130 valence electrons. The van der Waals surface area contributed by atoms with Crippen molar-refractivity contribution in [3.05, 3.63) is 74.5 Å². The molecule has 0 spiro atoms. The number of nitrogens with one attached hydrogen (secondary N) is 1. The molecule has 0 aliphatic heterocycles. The van der Waals surface area contributed by atoms with Crippen LogP contribution in [0.4, 0.5) is 0 Å². The number of thiophene rings is 1. The van der Waals surface area contributed by atoms with Crippen LogP contribution < -0.4 is 10.9 Å². The fourth-order valence-electron chi connectivity index (χ4n) is 2.38. The summed E-state index contributed by atoms with van der Waals surface area (Å²) >= 11 is 8.91. The highest BCUT2D eigenvalue weighted by Gasteiger charge is 2.17. The highest BCUT2D eigenvalue weighted by atomic mass is 35.5. The predicted octanol–water partition coefficient (Wildman–Crippen LogP) is 3.46. The van der Waals surface area contributed by atoms with Gasteiger partial charge in [0, 0.05) is 17.6 Å². The Balaban J connectivity index is 1.68. The van der Waals surface area contributed by atoms with Crippen LogP contribution in [0.1, 0.15) is 16.1 Å². The molecule has 6 nitrogen and oxygen atoms in total. The van der Waals surface area contributed by atoms with Crippen LogP contribution in [0.5, 0.6) is 0 Å². The van der Waals surface area contributed by atoms with Crippen molar-refractivity contribution in [2.45, 2.75) is 6.54 Å². The molecule has 1 aromatic carbocycles. The van der Waals surface area contributed by atoms with Crippen LogP contribution in [0.2, 0.25) is 5.02 Å². The number of rotatable bonds is 4. The van der Waals surface area contributed by atoms with E-state index in [0.717, 1.165) is 10.4 Å². The van der Waals surface area contributed by atoms with Gasteiger partial charge in [-0.3, -0.25) is 9.59 Å². The van der Waals surface area contributed by atoms with E-state index in [4.69, 9.17) is 11.6 Å². The molecule has 3 heterocycles. The first-order chi connectivity index (χ1) is 12.6. The Hall–Kier alpha value is -2.55. The molecule has 0 saturated carbocycles. The van der Waals surface area contributed by atoms with Crippen molar-refractivity contribution in [3.8, 4) is 9.88 Å². The Bertz CT molecular complexity index is 1150. The maximum absolute atomic E-state index is 12.6. The van der Waals surface area contributed by atoms with E-state index in [1.165, 1.54) is 33.3 Å². The SMILES string of the molecule is O=C(NCc1ccccc1Cl)c1cc(=O)nc2sc(-c3cccs3)nn12. The molecule has 1 N–H and O–H groups in total. The molecule has 0 fully saturated rings. The molecule has 26 heavy (non-hydrogen) atoms. The van der Waals surface area contributed by atoms with E-state index in [-0.39, 0.29) is 12.2 Å². The second-order valence-corrected chi connectivity index (χ2v) is 7.64. The molecule has 9 heteroatoms.